The molecule has 0 saturated carbocycles. The normalized spacial score (nSPS) is 11.8. The van der Waals surface area contributed by atoms with Crippen molar-refractivity contribution >= 4 is 21.8 Å². The predicted molar refractivity (Wildman–Crippen MR) is 168 cm³/mol. The van der Waals surface area contributed by atoms with Crippen molar-refractivity contribution in [3.8, 4) is 11.8 Å². The number of sulfonamides is 1. The van der Waals surface area contributed by atoms with Gasteiger partial charge in [0.25, 0.3) is 15.9 Å². The molecule has 0 fully saturated rings. The van der Waals surface area contributed by atoms with Crippen LogP contribution in [0.5, 0.6) is 5.75 Å². The van der Waals surface area contributed by atoms with Crippen molar-refractivity contribution in [1.82, 2.24) is 10.0 Å². The Morgan fingerprint density at radius 3 is 2.27 bits per heavy atom. The molecule has 4 rings (SSSR count). The van der Waals surface area contributed by atoms with Crippen LogP contribution in [0.3, 0.4) is 0 Å². The summed E-state index contributed by atoms with van der Waals surface area (Å²) in [7, 11) is -4.15. The summed E-state index contributed by atoms with van der Waals surface area (Å²) in [5.74, 6) is -0.604. The molecule has 4 aromatic rings. The van der Waals surface area contributed by atoms with E-state index in [1.165, 1.54) is 36.4 Å². The fourth-order valence-electron chi connectivity index (χ4n) is 4.72. The van der Waals surface area contributed by atoms with Crippen LogP contribution in [0.4, 0.5) is 4.39 Å². The molecule has 2 N–H and O–H groups in total. The van der Waals surface area contributed by atoms with Crippen LogP contribution >= 0.6 is 0 Å². The van der Waals surface area contributed by atoms with E-state index in [0.29, 0.717) is 28.9 Å². The minimum Gasteiger partial charge on any atom is -0.489 e. The summed E-state index contributed by atoms with van der Waals surface area (Å²) in [4.78, 5) is 26.4. The number of halogens is 1. The third-order valence-corrected chi connectivity index (χ3v) is 8.40. The topological polar surface area (TPSA) is 125 Å². The summed E-state index contributed by atoms with van der Waals surface area (Å²) in [5.41, 5.74) is 2.64. The number of nitrogens with zero attached hydrogens (tertiary/aromatic N) is 1. The number of nitrogens with one attached hydrogen (secondary N) is 2. The summed E-state index contributed by atoms with van der Waals surface area (Å²) >= 11 is 0. The van der Waals surface area contributed by atoms with Gasteiger partial charge in [-0.2, -0.15) is 5.26 Å². The van der Waals surface area contributed by atoms with Crippen LogP contribution in [0.2, 0.25) is 0 Å². The molecule has 0 radical (unpaired) electrons. The summed E-state index contributed by atoms with van der Waals surface area (Å²) in [6.07, 6.45) is 0.491. The summed E-state index contributed by atoms with van der Waals surface area (Å²) in [5, 5.41) is 12.0. The number of nitriles is 1. The van der Waals surface area contributed by atoms with E-state index in [1.54, 1.807) is 30.3 Å². The second-order valence-corrected chi connectivity index (χ2v) is 12.6. The molecule has 2 amide bonds. The molecule has 0 heterocycles. The Bertz CT molecular complexity index is 1770. The SMILES string of the molecule is CC(C)CC(NC(=O)c1cc(COc2ccccc2)ccc1CCC(=O)NS(=O)(=O)c1ccc(C#N)cc1)c1ccc(F)cc1. The zero-order valence-corrected chi connectivity index (χ0v) is 25.8. The van der Waals surface area contributed by atoms with Gasteiger partial charge in [0.05, 0.1) is 22.6 Å². The van der Waals surface area contributed by atoms with Gasteiger partial charge in [0.1, 0.15) is 18.2 Å². The molecule has 0 aliphatic carbocycles. The second kappa shape index (κ2) is 15.1. The molecule has 1 unspecified atom stereocenters. The van der Waals surface area contributed by atoms with E-state index in [-0.39, 0.29) is 42.0 Å². The predicted octanol–water partition coefficient (Wildman–Crippen LogP) is 6.23. The van der Waals surface area contributed by atoms with Gasteiger partial charge in [0.15, 0.2) is 0 Å². The van der Waals surface area contributed by atoms with E-state index in [2.05, 4.69) is 10.0 Å². The molecule has 0 aromatic heterocycles. The Morgan fingerprint density at radius 2 is 1.62 bits per heavy atom. The van der Waals surface area contributed by atoms with Crippen molar-refractivity contribution < 1.29 is 27.1 Å². The van der Waals surface area contributed by atoms with Crippen molar-refractivity contribution in [2.24, 2.45) is 5.92 Å². The minimum atomic E-state index is -4.15. The number of hydrogen-bond acceptors (Lipinski definition) is 6. The molecule has 45 heavy (non-hydrogen) atoms. The largest absolute Gasteiger partial charge is 0.489 e. The number of benzene rings is 4. The number of para-hydroxylation sites is 1. The maximum Gasteiger partial charge on any atom is 0.264 e. The highest BCUT2D eigenvalue weighted by atomic mass is 32.2. The van der Waals surface area contributed by atoms with E-state index in [1.807, 2.05) is 50.2 Å². The van der Waals surface area contributed by atoms with Gasteiger partial charge >= 0.3 is 0 Å². The molecule has 0 spiro atoms. The summed E-state index contributed by atoms with van der Waals surface area (Å²) in [6, 6.07) is 27.2. The molecule has 1 atom stereocenters. The summed E-state index contributed by atoms with van der Waals surface area (Å²) < 4.78 is 47.0. The lowest BCUT2D eigenvalue weighted by molar-refractivity contribution is -0.119. The molecule has 0 aliphatic rings. The minimum absolute atomic E-state index is 0.0860. The summed E-state index contributed by atoms with van der Waals surface area (Å²) in [6.45, 7) is 4.25. The molecular formula is C35H34FN3O5S. The van der Waals surface area contributed by atoms with Crippen LogP contribution < -0.4 is 14.8 Å². The van der Waals surface area contributed by atoms with Crippen LogP contribution in [0.15, 0.2) is 102 Å². The number of rotatable bonds is 13. The number of aryl methyl sites for hydroxylation is 1. The number of amides is 2. The maximum absolute atomic E-state index is 13.8. The number of carbonyl (C=O) groups is 2. The molecule has 8 nitrogen and oxygen atoms in total. The number of hydrogen-bond donors (Lipinski definition) is 2. The molecule has 0 bridgehead atoms. The third-order valence-electron chi connectivity index (χ3n) is 7.02. The van der Waals surface area contributed by atoms with E-state index in [0.717, 1.165) is 11.1 Å². The molecule has 0 saturated heterocycles. The Morgan fingerprint density at radius 1 is 0.933 bits per heavy atom. The highest BCUT2D eigenvalue weighted by Crippen LogP contribution is 2.24. The van der Waals surface area contributed by atoms with Gasteiger partial charge in [-0.05, 0) is 90.0 Å². The van der Waals surface area contributed by atoms with Crippen LogP contribution in [-0.2, 0) is 27.8 Å². The maximum atomic E-state index is 13.8. The number of carbonyl (C=O) groups excluding carboxylic acids is 2. The van der Waals surface area contributed by atoms with Gasteiger partial charge in [0, 0.05) is 12.0 Å². The Hall–Kier alpha value is -5.01. The van der Waals surface area contributed by atoms with Gasteiger partial charge < -0.3 is 10.1 Å². The van der Waals surface area contributed by atoms with Crippen LogP contribution in [0.25, 0.3) is 0 Å². The van der Waals surface area contributed by atoms with Gasteiger partial charge in [0.2, 0.25) is 5.91 Å². The fraction of sp³-hybridized carbons (Fsp3) is 0.229. The van der Waals surface area contributed by atoms with Crippen LogP contribution in [0.1, 0.15) is 65.3 Å². The van der Waals surface area contributed by atoms with Gasteiger partial charge in [-0.15, -0.1) is 0 Å². The lowest BCUT2D eigenvalue weighted by atomic mass is 9.95. The first-order chi connectivity index (χ1) is 21.5. The number of ether oxygens (including phenoxy) is 1. The first-order valence-electron chi connectivity index (χ1n) is 14.5. The zero-order valence-electron chi connectivity index (χ0n) is 25.0. The average Bonchev–Trinajstić information content (AvgIpc) is 3.03. The monoisotopic (exact) mass is 627 g/mol. The van der Waals surface area contributed by atoms with Crippen molar-refractivity contribution in [1.29, 1.82) is 5.26 Å². The Kier molecular flexibility index (Phi) is 11.1. The lowest BCUT2D eigenvalue weighted by Gasteiger charge is -2.22. The molecule has 0 aliphatic heterocycles. The highest BCUT2D eigenvalue weighted by Gasteiger charge is 2.22. The first kappa shape index (κ1) is 32.9. The van der Waals surface area contributed by atoms with Crippen molar-refractivity contribution in [2.45, 2.75) is 50.7 Å². The van der Waals surface area contributed by atoms with Crippen molar-refractivity contribution in [2.75, 3.05) is 0 Å². The highest BCUT2D eigenvalue weighted by molar-refractivity contribution is 7.90. The lowest BCUT2D eigenvalue weighted by Crippen LogP contribution is -2.32. The Balaban J connectivity index is 1.54. The van der Waals surface area contributed by atoms with Crippen molar-refractivity contribution in [3.63, 3.8) is 0 Å². The van der Waals surface area contributed by atoms with Gasteiger partial charge in [-0.3, -0.25) is 9.59 Å². The van der Waals surface area contributed by atoms with Crippen LogP contribution in [0, 0.1) is 23.1 Å². The molecule has 10 heteroatoms. The molecule has 232 valence electrons. The smallest absolute Gasteiger partial charge is 0.264 e. The quantitative estimate of drug-likeness (QED) is 0.181. The van der Waals surface area contributed by atoms with E-state index < -0.39 is 22.0 Å². The van der Waals surface area contributed by atoms with E-state index in [4.69, 9.17) is 10.00 Å². The average molecular weight is 628 g/mol. The van der Waals surface area contributed by atoms with Crippen LogP contribution in [-0.4, -0.2) is 20.2 Å². The van der Waals surface area contributed by atoms with Gasteiger partial charge in [-0.25, -0.2) is 17.5 Å². The second-order valence-electron chi connectivity index (χ2n) is 11.0. The third kappa shape index (κ3) is 9.49. The zero-order chi connectivity index (χ0) is 32.4. The van der Waals surface area contributed by atoms with Gasteiger partial charge in [-0.1, -0.05) is 56.3 Å². The fourth-order valence-corrected chi connectivity index (χ4v) is 5.74. The standard InChI is InChI=1S/C35H34FN3O5S/c1-24(2)20-33(28-12-15-29(36)16-13-28)38-35(41)32-21-26(23-44-30-6-4-3-5-7-30)8-11-27(32)14-19-34(40)39-45(42,43)31-17-9-25(22-37)10-18-31/h3-13,15-18,21,24,33H,14,19-20,23H2,1-2H3,(H,38,41)(H,39,40). The molecule has 4 aromatic carbocycles. The molecular weight excluding hydrogens is 593 g/mol. The van der Waals surface area contributed by atoms with Crippen molar-refractivity contribution in [3.05, 3.63) is 131 Å². The Labute approximate surface area is 262 Å². The van der Waals surface area contributed by atoms with E-state index >= 15 is 0 Å². The first-order valence-corrected chi connectivity index (χ1v) is 15.9. The van der Waals surface area contributed by atoms with E-state index in [9.17, 15) is 22.4 Å².